The summed E-state index contributed by atoms with van der Waals surface area (Å²) in [5, 5.41) is 4.76. The quantitative estimate of drug-likeness (QED) is 0.160. The predicted molar refractivity (Wildman–Crippen MR) is 258 cm³/mol. The number of benzene rings is 9. The molecular formula is C59H47NO. The van der Waals surface area contributed by atoms with Gasteiger partial charge in [-0.15, -0.1) is 0 Å². The second-order valence-electron chi connectivity index (χ2n) is 18.1. The van der Waals surface area contributed by atoms with Crippen LogP contribution < -0.4 is 4.90 Å². The van der Waals surface area contributed by atoms with Crippen molar-refractivity contribution in [1.29, 1.82) is 0 Å². The lowest BCUT2D eigenvalue weighted by Gasteiger charge is -2.29. The first kappa shape index (κ1) is 36.9. The molecule has 1 aliphatic rings. The lowest BCUT2D eigenvalue weighted by Crippen LogP contribution is -2.17. The van der Waals surface area contributed by atoms with Gasteiger partial charge in [0, 0.05) is 27.7 Å². The molecule has 2 heteroatoms. The molecular weight excluding hydrogens is 739 g/mol. The first-order chi connectivity index (χ1) is 29.7. The minimum atomic E-state index is 0.107. The normalized spacial score (nSPS) is 14.1. The van der Waals surface area contributed by atoms with E-state index < -0.39 is 0 Å². The van der Waals surface area contributed by atoms with Crippen LogP contribution in [0.4, 0.5) is 17.1 Å². The maximum Gasteiger partial charge on any atom is 0.136 e. The molecule has 9 aromatic carbocycles. The van der Waals surface area contributed by atoms with Gasteiger partial charge in [0.2, 0.25) is 0 Å². The van der Waals surface area contributed by atoms with Crippen LogP contribution >= 0.6 is 0 Å². The van der Waals surface area contributed by atoms with Crippen LogP contribution in [0.5, 0.6) is 0 Å². The largest absolute Gasteiger partial charge is 0.456 e. The number of fused-ring (bicyclic) bond motifs is 5. The van der Waals surface area contributed by atoms with Crippen LogP contribution in [0.25, 0.3) is 77.2 Å². The second kappa shape index (κ2) is 14.2. The second-order valence-corrected chi connectivity index (χ2v) is 18.1. The van der Waals surface area contributed by atoms with Gasteiger partial charge >= 0.3 is 0 Å². The Hall–Kier alpha value is -7.16. The Balaban J connectivity index is 1.05. The molecule has 0 amide bonds. The van der Waals surface area contributed by atoms with Gasteiger partial charge in [-0.25, -0.2) is 0 Å². The molecule has 0 atom stereocenters. The molecule has 0 radical (unpaired) electrons. The summed E-state index contributed by atoms with van der Waals surface area (Å²) in [5.41, 5.74) is 17.8. The Labute approximate surface area is 358 Å². The van der Waals surface area contributed by atoms with E-state index in [-0.39, 0.29) is 10.8 Å². The number of rotatable bonds is 7. The third-order valence-electron chi connectivity index (χ3n) is 13.0. The van der Waals surface area contributed by atoms with E-state index in [4.69, 9.17) is 4.42 Å². The minimum Gasteiger partial charge on any atom is -0.456 e. The van der Waals surface area contributed by atoms with Crippen LogP contribution in [0.3, 0.4) is 0 Å². The fourth-order valence-corrected chi connectivity index (χ4v) is 10.3. The molecule has 0 saturated carbocycles. The van der Waals surface area contributed by atoms with Gasteiger partial charge < -0.3 is 9.32 Å². The molecule has 10 aromatic rings. The van der Waals surface area contributed by atoms with Crippen LogP contribution in [-0.2, 0) is 10.8 Å². The molecule has 0 spiro atoms. The summed E-state index contributed by atoms with van der Waals surface area (Å²) in [6, 6.07) is 73.0. The molecule has 0 aliphatic heterocycles. The zero-order valence-electron chi connectivity index (χ0n) is 35.1. The van der Waals surface area contributed by atoms with Crippen LogP contribution in [0.2, 0.25) is 0 Å². The molecule has 61 heavy (non-hydrogen) atoms. The minimum absolute atomic E-state index is 0.107. The monoisotopic (exact) mass is 785 g/mol. The standard InChI is InChI=1S/C59H47NO/c1-58(2)38-59(3,4)53-37-56-51(36-52(53)58)57-49(21-14-22-55(57)61-56)46-24-23-44-34-48(31-27-43(44)33-46)60(47-29-25-41(26-30-47)39-15-8-5-9-16-39)54-32-28-45(40-17-10-6-11-18-40)35-50(54)42-19-12-7-13-20-42/h5-37H,38H2,1-4H3. The van der Waals surface area contributed by atoms with Crippen LogP contribution in [0.1, 0.15) is 45.2 Å². The Morgan fingerprint density at radius 1 is 0.393 bits per heavy atom. The highest BCUT2D eigenvalue weighted by atomic mass is 16.3. The fraction of sp³-hybridized carbons (Fsp3) is 0.119. The van der Waals surface area contributed by atoms with Crippen LogP contribution in [0.15, 0.2) is 205 Å². The Morgan fingerprint density at radius 2 is 0.951 bits per heavy atom. The van der Waals surface area contributed by atoms with Crippen molar-refractivity contribution in [2.75, 3.05) is 4.90 Å². The fourth-order valence-electron chi connectivity index (χ4n) is 10.3. The maximum absolute atomic E-state index is 6.62. The van der Waals surface area contributed by atoms with Crippen molar-refractivity contribution in [3.63, 3.8) is 0 Å². The van der Waals surface area contributed by atoms with Gasteiger partial charge in [0.25, 0.3) is 0 Å². The number of hydrogen-bond acceptors (Lipinski definition) is 2. The van der Waals surface area contributed by atoms with Gasteiger partial charge in [0.05, 0.1) is 5.69 Å². The molecule has 0 bridgehead atoms. The zero-order chi connectivity index (χ0) is 41.3. The van der Waals surface area contributed by atoms with E-state index in [9.17, 15) is 0 Å². The highest BCUT2D eigenvalue weighted by Gasteiger charge is 2.42. The van der Waals surface area contributed by atoms with Crippen LogP contribution in [0, 0.1) is 0 Å². The van der Waals surface area contributed by atoms with E-state index in [0.29, 0.717) is 0 Å². The first-order valence-corrected chi connectivity index (χ1v) is 21.5. The highest BCUT2D eigenvalue weighted by Crippen LogP contribution is 2.52. The topological polar surface area (TPSA) is 16.4 Å². The predicted octanol–water partition coefficient (Wildman–Crippen LogP) is 16.8. The Bertz CT molecular complexity index is 3250. The lowest BCUT2D eigenvalue weighted by atomic mass is 9.82. The zero-order valence-corrected chi connectivity index (χ0v) is 35.1. The molecule has 11 rings (SSSR count). The van der Waals surface area contributed by atoms with Crippen molar-refractivity contribution in [1.82, 2.24) is 0 Å². The molecule has 2 nitrogen and oxygen atoms in total. The molecule has 0 saturated heterocycles. The van der Waals surface area contributed by atoms with Gasteiger partial charge in [-0.2, -0.15) is 0 Å². The van der Waals surface area contributed by atoms with Gasteiger partial charge in [-0.3, -0.25) is 0 Å². The van der Waals surface area contributed by atoms with Crippen molar-refractivity contribution in [3.05, 3.63) is 211 Å². The summed E-state index contributed by atoms with van der Waals surface area (Å²) in [5.74, 6) is 0. The van der Waals surface area contributed by atoms with Gasteiger partial charge in [0.1, 0.15) is 11.2 Å². The third-order valence-corrected chi connectivity index (χ3v) is 13.0. The summed E-state index contributed by atoms with van der Waals surface area (Å²) in [6.45, 7) is 9.50. The summed E-state index contributed by atoms with van der Waals surface area (Å²) < 4.78 is 6.62. The Morgan fingerprint density at radius 3 is 1.66 bits per heavy atom. The van der Waals surface area contributed by atoms with E-state index in [1.54, 1.807) is 0 Å². The number of nitrogens with zero attached hydrogens (tertiary/aromatic N) is 1. The molecule has 1 heterocycles. The van der Waals surface area contributed by atoms with Crippen molar-refractivity contribution < 1.29 is 4.42 Å². The average Bonchev–Trinajstić information content (AvgIpc) is 3.76. The van der Waals surface area contributed by atoms with E-state index in [1.165, 1.54) is 77.2 Å². The third kappa shape index (κ3) is 6.42. The first-order valence-electron chi connectivity index (χ1n) is 21.5. The molecule has 294 valence electrons. The lowest BCUT2D eigenvalue weighted by molar-refractivity contribution is 0.403. The van der Waals surface area contributed by atoms with Gasteiger partial charge in [0.15, 0.2) is 0 Å². The smallest absolute Gasteiger partial charge is 0.136 e. The number of anilines is 3. The number of hydrogen-bond donors (Lipinski definition) is 0. The van der Waals surface area contributed by atoms with Crippen molar-refractivity contribution >= 4 is 49.8 Å². The average molecular weight is 786 g/mol. The summed E-state index contributed by atoms with van der Waals surface area (Å²) in [4.78, 5) is 2.42. The Kier molecular flexibility index (Phi) is 8.61. The van der Waals surface area contributed by atoms with E-state index in [1.807, 2.05) is 0 Å². The molecule has 0 unspecified atom stereocenters. The van der Waals surface area contributed by atoms with Crippen LogP contribution in [-0.4, -0.2) is 0 Å². The molecule has 0 N–H and O–H groups in total. The molecule has 0 fully saturated rings. The highest BCUT2D eigenvalue weighted by molar-refractivity contribution is 6.13. The van der Waals surface area contributed by atoms with Crippen molar-refractivity contribution in [2.24, 2.45) is 0 Å². The van der Waals surface area contributed by atoms with Crippen molar-refractivity contribution in [3.8, 4) is 44.5 Å². The summed E-state index contributed by atoms with van der Waals surface area (Å²) >= 11 is 0. The maximum atomic E-state index is 6.62. The summed E-state index contributed by atoms with van der Waals surface area (Å²) in [7, 11) is 0. The van der Waals surface area contributed by atoms with E-state index in [2.05, 4.69) is 233 Å². The van der Waals surface area contributed by atoms with Gasteiger partial charge in [-0.05, 0) is 139 Å². The SMILES string of the molecule is CC1(C)CC(C)(C)c2cc3c(cc21)oc1cccc(-c2ccc4cc(N(c5ccc(-c6ccccc6)cc5)c5ccc(-c6ccccc6)cc5-c5ccccc5)ccc4c2)c13. The summed E-state index contributed by atoms with van der Waals surface area (Å²) in [6.07, 6.45) is 1.13. The van der Waals surface area contributed by atoms with E-state index >= 15 is 0 Å². The number of furan rings is 1. The van der Waals surface area contributed by atoms with Gasteiger partial charge in [-0.1, -0.05) is 167 Å². The molecule has 1 aromatic heterocycles. The van der Waals surface area contributed by atoms with E-state index in [0.717, 1.165) is 34.6 Å². The molecule has 1 aliphatic carbocycles. The van der Waals surface area contributed by atoms with Crippen molar-refractivity contribution in [2.45, 2.75) is 44.9 Å².